The SMILES string of the molecule is CCNC(=NCc1ccsc1)NCC(C)(O)c1ccc(C)o1.I. The van der Waals surface area contributed by atoms with Gasteiger partial charge < -0.3 is 20.2 Å². The van der Waals surface area contributed by atoms with Crippen molar-refractivity contribution in [3.05, 3.63) is 46.0 Å². The van der Waals surface area contributed by atoms with E-state index in [4.69, 9.17) is 4.42 Å². The maximum Gasteiger partial charge on any atom is 0.191 e. The summed E-state index contributed by atoms with van der Waals surface area (Å²) in [6.45, 7) is 7.28. The molecule has 2 heterocycles. The lowest BCUT2D eigenvalue weighted by molar-refractivity contribution is 0.0378. The highest BCUT2D eigenvalue weighted by Gasteiger charge is 2.27. The van der Waals surface area contributed by atoms with Gasteiger partial charge in [-0.1, -0.05) is 0 Å². The second-order valence-corrected chi connectivity index (χ2v) is 6.14. The van der Waals surface area contributed by atoms with Crippen LogP contribution in [0.5, 0.6) is 0 Å². The molecule has 2 aromatic heterocycles. The van der Waals surface area contributed by atoms with E-state index in [-0.39, 0.29) is 24.0 Å². The Bertz CT molecular complexity index is 609. The maximum atomic E-state index is 10.5. The number of nitrogens with one attached hydrogen (secondary N) is 2. The molecule has 0 fully saturated rings. The van der Waals surface area contributed by atoms with E-state index in [2.05, 4.69) is 27.1 Å². The number of guanidine groups is 1. The average Bonchev–Trinajstić information content (AvgIpc) is 3.13. The van der Waals surface area contributed by atoms with Gasteiger partial charge >= 0.3 is 0 Å². The molecule has 0 amide bonds. The molecule has 0 bridgehead atoms. The van der Waals surface area contributed by atoms with Crippen molar-refractivity contribution < 1.29 is 9.52 Å². The molecule has 2 aromatic rings. The summed E-state index contributed by atoms with van der Waals surface area (Å²) in [7, 11) is 0. The minimum Gasteiger partial charge on any atom is -0.463 e. The van der Waals surface area contributed by atoms with Gasteiger partial charge in [-0.3, -0.25) is 0 Å². The third-order valence-electron chi connectivity index (χ3n) is 3.22. The Morgan fingerprint density at radius 1 is 1.35 bits per heavy atom. The van der Waals surface area contributed by atoms with Gasteiger partial charge in [0.1, 0.15) is 17.1 Å². The van der Waals surface area contributed by atoms with Crippen molar-refractivity contribution in [1.82, 2.24) is 10.6 Å². The number of nitrogens with zero attached hydrogens (tertiary/aromatic N) is 1. The first-order valence-corrected chi connectivity index (χ1v) is 8.28. The molecule has 23 heavy (non-hydrogen) atoms. The van der Waals surface area contributed by atoms with Crippen molar-refractivity contribution in [2.75, 3.05) is 13.1 Å². The van der Waals surface area contributed by atoms with E-state index in [1.54, 1.807) is 24.3 Å². The van der Waals surface area contributed by atoms with Gasteiger partial charge in [-0.2, -0.15) is 11.3 Å². The zero-order chi connectivity index (χ0) is 16.0. The molecule has 2 rings (SSSR count). The zero-order valence-electron chi connectivity index (χ0n) is 13.6. The van der Waals surface area contributed by atoms with Crippen LogP contribution in [0.2, 0.25) is 0 Å². The van der Waals surface area contributed by atoms with Crippen LogP contribution in [0.1, 0.15) is 30.9 Å². The predicted octanol–water partition coefficient (Wildman–Crippen LogP) is 3.23. The van der Waals surface area contributed by atoms with Gasteiger partial charge in [0, 0.05) is 6.54 Å². The summed E-state index contributed by atoms with van der Waals surface area (Å²) in [5, 5.41) is 21.0. The van der Waals surface area contributed by atoms with Gasteiger partial charge in [0.25, 0.3) is 0 Å². The summed E-state index contributed by atoms with van der Waals surface area (Å²) in [6, 6.07) is 5.70. The summed E-state index contributed by atoms with van der Waals surface area (Å²) in [6.07, 6.45) is 0. The fraction of sp³-hybridized carbons (Fsp3) is 0.438. The lowest BCUT2D eigenvalue weighted by Gasteiger charge is -2.22. The van der Waals surface area contributed by atoms with Gasteiger partial charge in [0.2, 0.25) is 0 Å². The zero-order valence-corrected chi connectivity index (χ0v) is 16.8. The molecule has 1 atom stereocenters. The summed E-state index contributed by atoms with van der Waals surface area (Å²) in [5.74, 6) is 2.01. The highest BCUT2D eigenvalue weighted by molar-refractivity contribution is 14.0. The first-order valence-electron chi connectivity index (χ1n) is 7.34. The average molecular weight is 449 g/mol. The molecular formula is C16H24IN3O2S. The van der Waals surface area contributed by atoms with Gasteiger partial charge in [-0.05, 0) is 55.3 Å². The summed E-state index contributed by atoms with van der Waals surface area (Å²) in [5.41, 5.74) is 0.0861. The Kier molecular flexibility index (Phi) is 8.07. The molecule has 0 aliphatic carbocycles. The fourth-order valence-electron chi connectivity index (χ4n) is 1.96. The third-order valence-corrected chi connectivity index (χ3v) is 3.95. The number of hydrogen-bond acceptors (Lipinski definition) is 4. The van der Waals surface area contributed by atoms with E-state index in [1.165, 1.54) is 5.56 Å². The van der Waals surface area contributed by atoms with Gasteiger partial charge in [-0.15, -0.1) is 24.0 Å². The molecule has 0 saturated carbocycles. The van der Waals surface area contributed by atoms with Crippen LogP contribution in [-0.2, 0) is 12.1 Å². The standard InChI is InChI=1S/C16H23N3O2S.HI/c1-4-17-15(18-9-13-7-8-22-10-13)19-11-16(3,20)14-6-5-12(2)21-14;/h5-8,10,20H,4,9,11H2,1-3H3,(H2,17,18,19);1H. The van der Waals surface area contributed by atoms with Crippen LogP contribution in [0.3, 0.4) is 0 Å². The summed E-state index contributed by atoms with van der Waals surface area (Å²) >= 11 is 1.66. The van der Waals surface area contributed by atoms with Crippen LogP contribution >= 0.6 is 35.3 Å². The smallest absolute Gasteiger partial charge is 0.191 e. The number of hydrogen-bond donors (Lipinski definition) is 3. The Hall–Kier alpha value is -1.06. The van der Waals surface area contributed by atoms with Crippen molar-refractivity contribution in [1.29, 1.82) is 0 Å². The van der Waals surface area contributed by atoms with E-state index < -0.39 is 5.60 Å². The maximum absolute atomic E-state index is 10.5. The van der Waals surface area contributed by atoms with Crippen molar-refractivity contribution in [2.24, 2.45) is 4.99 Å². The Labute approximate surface area is 158 Å². The Balaban J connectivity index is 0.00000264. The molecule has 0 aliphatic rings. The van der Waals surface area contributed by atoms with E-state index in [0.717, 1.165) is 12.3 Å². The van der Waals surface area contributed by atoms with Crippen LogP contribution in [-0.4, -0.2) is 24.2 Å². The van der Waals surface area contributed by atoms with E-state index in [9.17, 15) is 5.11 Å². The number of aryl methyl sites for hydroxylation is 1. The molecule has 5 nitrogen and oxygen atoms in total. The number of aliphatic imine (C=N–C) groups is 1. The molecule has 0 aromatic carbocycles. The quantitative estimate of drug-likeness (QED) is 0.360. The normalized spacial score (nSPS) is 14.0. The van der Waals surface area contributed by atoms with Crippen LogP contribution in [0.4, 0.5) is 0 Å². The number of halogens is 1. The van der Waals surface area contributed by atoms with Crippen molar-refractivity contribution in [2.45, 2.75) is 32.9 Å². The molecule has 7 heteroatoms. The van der Waals surface area contributed by atoms with Crippen molar-refractivity contribution >= 4 is 41.3 Å². The van der Waals surface area contributed by atoms with Gasteiger partial charge in [0.15, 0.2) is 5.96 Å². The topological polar surface area (TPSA) is 69.8 Å². The molecule has 0 radical (unpaired) electrons. The van der Waals surface area contributed by atoms with E-state index in [0.29, 0.717) is 24.8 Å². The number of rotatable bonds is 6. The number of furan rings is 1. The highest BCUT2D eigenvalue weighted by atomic mass is 127. The van der Waals surface area contributed by atoms with Crippen LogP contribution in [0.25, 0.3) is 0 Å². The second-order valence-electron chi connectivity index (χ2n) is 5.36. The molecule has 1 unspecified atom stereocenters. The third kappa shape index (κ3) is 6.15. The lowest BCUT2D eigenvalue weighted by atomic mass is 10.0. The Morgan fingerprint density at radius 3 is 2.70 bits per heavy atom. The number of thiophene rings is 1. The summed E-state index contributed by atoms with van der Waals surface area (Å²) < 4.78 is 5.51. The summed E-state index contributed by atoms with van der Waals surface area (Å²) in [4.78, 5) is 4.52. The highest BCUT2D eigenvalue weighted by Crippen LogP contribution is 2.21. The predicted molar refractivity (Wildman–Crippen MR) is 106 cm³/mol. The van der Waals surface area contributed by atoms with Gasteiger partial charge in [0.05, 0.1) is 13.1 Å². The largest absolute Gasteiger partial charge is 0.463 e. The Morgan fingerprint density at radius 2 is 2.13 bits per heavy atom. The van der Waals surface area contributed by atoms with Crippen LogP contribution in [0, 0.1) is 6.92 Å². The van der Waals surface area contributed by atoms with Crippen molar-refractivity contribution in [3.8, 4) is 0 Å². The molecule has 0 spiro atoms. The van der Waals surface area contributed by atoms with Crippen LogP contribution in [0.15, 0.2) is 38.4 Å². The first kappa shape index (κ1) is 20.0. The second kappa shape index (κ2) is 9.29. The lowest BCUT2D eigenvalue weighted by Crippen LogP contribution is -2.44. The fourth-order valence-corrected chi connectivity index (χ4v) is 2.62. The monoisotopic (exact) mass is 449 g/mol. The minimum absolute atomic E-state index is 0. The van der Waals surface area contributed by atoms with Crippen LogP contribution < -0.4 is 10.6 Å². The molecule has 128 valence electrons. The molecular weight excluding hydrogens is 425 g/mol. The number of aliphatic hydroxyl groups is 1. The molecule has 0 saturated heterocycles. The van der Waals surface area contributed by atoms with Gasteiger partial charge in [-0.25, -0.2) is 4.99 Å². The minimum atomic E-state index is -1.09. The van der Waals surface area contributed by atoms with E-state index >= 15 is 0 Å². The molecule has 3 N–H and O–H groups in total. The van der Waals surface area contributed by atoms with E-state index in [1.807, 2.05) is 25.3 Å². The molecule has 0 aliphatic heterocycles. The van der Waals surface area contributed by atoms with Crippen molar-refractivity contribution in [3.63, 3.8) is 0 Å². The first-order chi connectivity index (χ1) is 10.5.